The van der Waals surface area contributed by atoms with E-state index in [1.54, 1.807) is 0 Å². The zero-order valence-corrected chi connectivity index (χ0v) is 8.24. The van der Waals surface area contributed by atoms with Gasteiger partial charge in [0.15, 0.2) is 5.82 Å². The minimum absolute atomic E-state index is 0.660. The van der Waals surface area contributed by atoms with Gasteiger partial charge in [0.05, 0.1) is 0 Å². The molecule has 3 nitrogen and oxygen atoms in total. The molecule has 0 spiro atoms. The Morgan fingerprint density at radius 1 is 1.21 bits per heavy atom. The molecule has 1 aromatic heterocycles. The number of hydrogen-bond donors (Lipinski definition) is 1. The van der Waals surface area contributed by atoms with Gasteiger partial charge in [-0.25, -0.2) is 0 Å². The predicted molar refractivity (Wildman–Crippen MR) is 56.2 cm³/mol. The Bertz CT molecular complexity index is 420. The van der Waals surface area contributed by atoms with Crippen molar-refractivity contribution in [2.24, 2.45) is 0 Å². The quantitative estimate of drug-likeness (QED) is 0.787. The van der Waals surface area contributed by atoms with Crippen LogP contribution in [-0.4, -0.2) is 12.0 Å². The van der Waals surface area contributed by atoms with E-state index < -0.39 is 0 Å². The van der Waals surface area contributed by atoms with Crippen LogP contribution in [0.2, 0.25) is 0 Å². The van der Waals surface area contributed by atoms with E-state index in [-0.39, 0.29) is 0 Å². The van der Waals surface area contributed by atoms with Gasteiger partial charge in [0.25, 0.3) is 0 Å². The molecule has 0 saturated carbocycles. The zero-order valence-electron chi connectivity index (χ0n) is 8.24. The van der Waals surface area contributed by atoms with Crippen molar-refractivity contribution in [3.63, 3.8) is 0 Å². The number of benzene rings is 1. The summed E-state index contributed by atoms with van der Waals surface area (Å²) in [6.07, 6.45) is 0. The third-order valence-electron chi connectivity index (χ3n) is 2.05. The van der Waals surface area contributed by atoms with Crippen LogP contribution in [-0.2, 0) is 0 Å². The summed E-state index contributed by atoms with van der Waals surface area (Å²) in [6.45, 7) is 1.89. The molecule has 0 unspecified atom stereocenters. The van der Waals surface area contributed by atoms with Crippen molar-refractivity contribution in [2.45, 2.75) is 6.92 Å². The lowest BCUT2D eigenvalue weighted by atomic mass is 10.2. The standard InChI is InChI=1S/C11H12N2O/c1-8-10(12-2)13-11(14-8)9-6-4-3-5-7-9/h3-7,12H,1-2H3. The van der Waals surface area contributed by atoms with Gasteiger partial charge in [0, 0.05) is 12.6 Å². The molecule has 1 N–H and O–H groups in total. The highest BCUT2D eigenvalue weighted by molar-refractivity contribution is 5.56. The van der Waals surface area contributed by atoms with E-state index in [9.17, 15) is 0 Å². The topological polar surface area (TPSA) is 38.1 Å². The molecule has 1 aromatic carbocycles. The second-order valence-electron chi connectivity index (χ2n) is 3.04. The average Bonchev–Trinajstić information content (AvgIpc) is 2.61. The van der Waals surface area contributed by atoms with Crippen molar-refractivity contribution in [3.05, 3.63) is 36.1 Å². The Morgan fingerprint density at radius 3 is 2.50 bits per heavy atom. The lowest BCUT2D eigenvalue weighted by Gasteiger charge is -1.91. The molecule has 1 heterocycles. The number of rotatable bonds is 2. The van der Waals surface area contributed by atoms with E-state index in [1.807, 2.05) is 44.3 Å². The molecule has 0 atom stereocenters. The van der Waals surface area contributed by atoms with Crippen molar-refractivity contribution < 1.29 is 4.42 Å². The molecule has 2 aromatic rings. The normalized spacial score (nSPS) is 10.1. The maximum absolute atomic E-state index is 5.52. The Kier molecular flexibility index (Phi) is 2.23. The molecule has 14 heavy (non-hydrogen) atoms. The molecular weight excluding hydrogens is 176 g/mol. The molecule has 0 aliphatic rings. The largest absolute Gasteiger partial charge is 0.439 e. The highest BCUT2D eigenvalue weighted by Gasteiger charge is 2.08. The summed E-state index contributed by atoms with van der Waals surface area (Å²) in [5.41, 5.74) is 0.997. The summed E-state index contributed by atoms with van der Waals surface area (Å²) in [5.74, 6) is 2.27. The number of nitrogens with one attached hydrogen (secondary N) is 1. The first-order valence-corrected chi connectivity index (χ1v) is 4.52. The van der Waals surface area contributed by atoms with Crippen LogP contribution in [0.5, 0.6) is 0 Å². The lowest BCUT2D eigenvalue weighted by molar-refractivity contribution is 0.543. The van der Waals surface area contributed by atoms with Crippen LogP contribution in [0.15, 0.2) is 34.7 Å². The van der Waals surface area contributed by atoms with Gasteiger partial charge in [0.2, 0.25) is 5.89 Å². The van der Waals surface area contributed by atoms with Crippen LogP contribution < -0.4 is 5.32 Å². The summed E-state index contributed by atoms with van der Waals surface area (Å²) in [7, 11) is 1.83. The summed E-state index contributed by atoms with van der Waals surface area (Å²) in [6, 6.07) is 9.86. The average molecular weight is 188 g/mol. The van der Waals surface area contributed by atoms with Gasteiger partial charge in [-0.3, -0.25) is 0 Å². The monoisotopic (exact) mass is 188 g/mol. The maximum Gasteiger partial charge on any atom is 0.228 e. The minimum atomic E-state index is 0.660. The Hall–Kier alpha value is -1.77. The second kappa shape index (κ2) is 3.54. The van der Waals surface area contributed by atoms with E-state index >= 15 is 0 Å². The fourth-order valence-corrected chi connectivity index (χ4v) is 1.33. The Morgan fingerprint density at radius 2 is 1.93 bits per heavy atom. The molecule has 0 bridgehead atoms. The molecule has 0 radical (unpaired) electrons. The molecular formula is C11H12N2O. The molecule has 0 aliphatic carbocycles. The molecule has 2 rings (SSSR count). The van der Waals surface area contributed by atoms with Gasteiger partial charge in [-0.05, 0) is 19.1 Å². The van der Waals surface area contributed by atoms with Crippen LogP contribution in [0, 0.1) is 6.92 Å². The highest BCUT2D eigenvalue weighted by Crippen LogP contribution is 2.23. The van der Waals surface area contributed by atoms with Gasteiger partial charge in [-0.1, -0.05) is 18.2 Å². The van der Waals surface area contributed by atoms with E-state index in [0.29, 0.717) is 5.89 Å². The molecule has 0 saturated heterocycles. The summed E-state index contributed by atoms with van der Waals surface area (Å²) in [4.78, 5) is 4.32. The van der Waals surface area contributed by atoms with Gasteiger partial charge in [-0.2, -0.15) is 4.98 Å². The second-order valence-corrected chi connectivity index (χ2v) is 3.04. The van der Waals surface area contributed by atoms with Crippen LogP contribution in [0.3, 0.4) is 0 Å². The maximum atomic E-state index is 5.52. The zero-order chi connectivity index (χ0) is 9.97. The number of aromatic nitrogens is 1. The van der Waals surface area contributed by atoms with Crippen molar-refractivity contribution >= 4 is 5.82 Å². The lowest BCUT2D eigenvalue weighted by Crippen LogP contribution is -1.89. The number of nitrogens with zero attached hydrogens (tertiary/aromatic N) is 1. The first-order chi connectivity index (χ1) is 6.81. The third-order valence-corrected chi connectivity index (χ3v) is 2.05. The highest BCUT2D eigenvalue weighted by atomic mass is 16.4. The molecule has 0 amide bonds. The minimum Gasteiger partial charge on any atom is -0.439 e. The summed E-state index contributed by atoms with van der Waals surface area (Å²) < 4.78 is 5.52. The molecule has 72 valence electrons. The first-order valence-electron chi connectivity index (χ1n) is 4.52. The Labute approximate surface area is 82.8 Å². The van der Waals surface area contributed by atoms with Crippen LogP contribution in [0.1, 0.15) is 5.76 Å². The SMILES string of the molecule is CNc1nc(-c2ccccc2)oc1C. The fraction of sp³-hybridized carbons (Fsp3) is 0.182. The predicted octanol–water partition coefficient (Wildman–Crippen LogP) is 2.69. The van der Waals surface area contributed by atoms with Crippen molar-refractivity contribution in [1.29, 1.82) is 0 Å². The van der Waals surface area contributed by atoms with E-state index in [4.69, 9.17) is 4.42 Å². The summed E-state index contributed by atoms with van der Waals surface area (Å²) in [5, 5.41) is 2.98. The van der Waals surface area contributed by atoms with Crippen molar-refractivity contribution in [3.8, 4) is 11.5 Å². The molecule has 3 heteroatoms. The van der Waals surface area contributed by atoms with Crippen LogP contribution in [0.4, 0.5) is 5.82 Å². The number of hydrogen-bond acceptors (Lipinski definition) is 3. The smallest absolute Gasteiger partial charge is 0.228 e. The van der Waals surface area contributed by atoms with E-state index in [0.717, 1.165) is 17.1 Å². The van der Waals surface area contributed by atoms with Crippen molar-refractivity contribution in [1.82, 2.24) is 4.98 Å². The molecule has 0 fully saturated rings. The number of oxazole rings is 1. The van der Waals surface area contributed by atoms with Gasteiger partial charge in [-0.15, -0.1) is 0 Å². The first kappa shape index (κ1) is 8.81. The number of anilines is 1. The fourth-order valence-electron chi connectivity index (χ4n) is 1.33. The number of aryl methyl sites for hydroxylation is 1. The van der Waals surface area contributed by atoms with E-state index in [1.165, 1.54) is 0 Å². The third kappa shape index (κ3) is 1.48. The van der Waals surface area contributed by atoms with Gasteiger partial charge in [0.1, 0.15) is 5.76 Å². The Balaban J connectivity index is 2.43. The van der Waals surface area contributed by atoms with Crippen LogP contribution >= 0.6 is 0 Å². The van der Waals surface area contributed by atoms with Crippen molar-refractivity contribution in [2.75, 3.05) is 12.4 Å². The van der Waals surface area contributed by atoms with E-state index in [2.05, 4.69) is 10.3 Å². The van der Waals surface area contributed by atoms with Crippen LogP contribution in [0.25, 0.3) is 11.5 Å². The molecule has 0 aliphatic heterocycles. The van der Waals surface area contributed by atoms with Gasteiger partial charge >= 0.3 is 0 Å². The van der Waals surface area contributed by atoms with Gasteiger partial charge < -0.3 is 9.73 Å². The summed E-state index contributed by atoms with van der Waals surface area (Å²) >= 11 is 0.